The Labute approximate surface area is 158 Å². The van der Waals surface area contributed by atoms with Crippen LogP contribution < -0.4 is 4.74 Å². The molecule has 4 nitrogen and oxygen atoms in total. The van der Waals surface area contributed by atoms with Crippen molar-refractivity contribution < 1.29 is 27.1 Å². The second-order valence-corrected chi connectivity index (χ2v) is 5.60. The molecule has 0 aliphatic rings. The number of hydrogen-bond acceptors (Lipinski definition) is 2. The molecular formula is C19H20N3OTa-. The van der Waals surface area contributed by atoms with Gasteiger partial charge in [0.25, 0.3) is 0 Å². The molecule has 123 valence electrons. The summed E-state index contributed by atoms with van der Waals surface area (Å²) in [5, 5.41) is 8.99. The summed E-state index contributed by atoms with van der Waals surface area (Å²) in [5.74, 6) is 0.618. The van der Waals surface area contributed by atoms with E-state index in [0.717, 1.165) is 35.3 Å². The second kappa shape index (κ2) is 8.73. The van der Waals surface area contributed by atoms with Crippen molar-refractivity contribution in [3.8, 4) is 5.88 Å². The minimum atomic E-state index is 0. The zero-order valence-electron chi connectivity index (χ0n) is 13.7. The number of ether oxygens (including phenoxy) is 1. The number of pyridine rings is 1. The quantitative estimate of drug-likeness (QED) is 0.446. The summed E-state index contributed by atoms with van der Waals surface area (Å²) in [7, 11) is 0. The zero-order chi connectivity index (χ0) is 16.1. The van der Waals surface area contributed by atoms with Crippen molar-refractivity contribution in [2.24, 2.45) is 0 Å². The molecule has 0 N–H and O–H groups in total. The van der Waals surface area contributed by atoms with Crippen LogP contribution in [0.1, 0.15) is 18.9 Å². The fourth-order valence-corrected chi connectivity index (χ4v) is 2.22. The molecule has 0 fully saturated rings. The molecule has 0 atom stereocenters. The second-order valence-electron chi connectivity index (χ2n) is 5.60. The summed E-state index contributed by atoms with van der Waals surface area (Å²) in [6.07, 6.45) is 2.83. The summed E-state index contributed by atoms with van der Waals surface area (Å²) in [4.78, 5) is 0. The minimum Gasteiger partial charge on any atom is -0.683 e. The van der Waals surface area contributed by atoms with Crippen LogP contribution in [0, 0.1) is 0 Å². The number of hydrogen-bond donors (Lipinski definition) is 0. The molecule has 24 heavy (non-hydrogen) atoms. The van der Waals surface area contributed by atoms with Crippen LogP contribution in [0.3, 0.4) is 0 Å². The van der Waals surface area contributed by atoms with Gasteiger partial charge in [-0.2, -0.15) is 0 Å². The van der Waals surface area contributed by atoms with E-state index in [-0.39, 0.29) is 22.4 Å². The number of nitrogens with zero attached hydrogens (tertiary/aromatic N) is 3. The molecule has 1 aromatic carbocycles. The van der Waals surface area contributed by atoms with E-state index in [1.54, 1.807) is 4.52 Å². The van der Waals surface area contributed by atoms with E-state index in [0.29, 0.717) is 12.5 Å². The first-order valence-corrected chi connectivity index (χ1v) is 7.69. The Balaban J connectivity index is 0.00000208. The van der Waals surface area contributed by atoms with E-state index in [2.05, 4.69) is 17.0 Å². The molecule has 3 rings (SSSR count). The third kappa shape index (κ3) is 5.00. The van der Waals surface area contributed by atoms with Crippen molar-refractivity contribution in [3.05, 3.63) is 77.8 Å². The molecule has 0 saturated carbocycles. The zero-order valence-corrected chi connectivity index (χ0v) is 16.9. The maximum atomic E-state index is 5.76. The van der Waals surface area contributed by atoms with Crippen molar-refractivity contribution in [2.45, 2.75) is 20.0 Å². The fraction of sp³-hybridized carbons (Fsp3) is 0.211. The van der Waals surface area contributed by atoms with Gasteiger partial charge in [-0.3, -0.25) is 0 Å². The normalized spacial score (nSPS) is 10.2. The van der Waals surface area contributed by atoms with E-state index in [1.807, 2.05) is 61.7 Å². The van der Waals surface area contributed by atoms with E-state index in [9.17, 15) is 0 Å². The predicted octanol–water partition coefficient (Wildman–Crippen LogP) is 4.88. The molecule has 0 bridgehead atoms. The molecular weight excluding hydrogens is 467 g/mol. The number of benzene rings is 1. The molecule has 5 heteroatoms. The van der Waals surface area contributed by atoms with Gasteiger partial charge in [0.1, 0.15) is 6.61 Å². The maximum Gasteiger partial charge on any atom is 0.234 e. The number of aromatic nitrogens is 2. The Morgan fingerprint density at radius 2 is 2.00 bits per heavy atom. The molecule has 0 aliphatic carbocycles. The van der Waals surface area contributed by atoms with Crippen LogP contribution in [-0.4, -0.2) is 16.2 Å². The minimum absolute atomic E-state index is 0. The van der Waals surface area contributed by atoms with E-state index < -0.39 is 0 Å². The first-order chi connectivity index (χ1) is 11.2. The Morgan fingerprint density at radius 3 is 2.75 bits per heavy atom. The third-order valence-electron chi connectivity index (χ3n) is 3.48. The van der Waals surface area contributed by atoms with Gasteiger partial charge in [0.2, 0.25) is 5.88 Å². The SMILES string of the molecule is C=C(C)CC[N-]c1ccc2cc(OCc3ccccc3)nn2c1.[Ta]. The van der Waals surface area contributed by atoms with Crippen LogP contribution >= 0.6 is 0 Å². The Morgan fingerprint density at radius 1 is 1.21 bits per heavy atom. The summed E-state index contributed by atoms with van der Waals surface area (Å²) in [6, 6.07) is 16.0. The van der Waals surface area contributed by atoms with Crippen LogP contribution in [0.4, 0.5) is 5.69 Å². The Kier molecular flexibility index (Phi) is 6.67. The first kappa shape index (κ1) is 18.3. The average Bonchev–Trinajstić information content (AvgIpc) is 2.96. The topological polar surface area (TPSA) is 40.6 Å². The summed E-state index contributed by atoms with van der Waals surface area (Å²) >= 11 is 0. The summed E-state index contributed by atoms with van der Waals surface area (Å²) < 4.78 is 7.56. The molecule has 3 aromatic rings. The van der Waals surface area contributed by atoms with Crippen molar-refractivity contribution in [3.63, 3.8) is 0 Å². The van der Waals surface area contributed by atoms with Crippen molar-refractivity contribution in [1.82, 2.24) is 9.61 Å². The van der Waals surface area contributed by atoms with Gasteiger partial charge < -0.3 is 10.1 Å². The van der Waals surface area contributed by atoms with Gasteiger partial charge in [-0.15, -0.1) is 23.9 Å². The van der Waals surface area contributed by atoms with Gasteiger partial charge in [0.15, 0.2) is 0 Å². The van der Waals surface area contributed by atoms with Crippen LogP contribution in [-0.2, 0) is 29.0 Å². The van der Waals surface area contributed by atoms with Crippen LogP contribution in [0.25, 0.3) is 10.8 Å². The van der Waals surface area contributed by atoms with Crippen LogP contribution in [0.15, 0.2) is 66.9 Å². The van der Waals surface area contributed by atoms with Crippen molar-refractivity contribution >= 4 is 11.2 Å². The van der Waals surface area contributed by atoms with Crippen LogP contribution in [0.2, 0.25) is 0 Å². The summed E-state index contributed by atoms with van der Waals surface area (Å²) in [5.41, 5.74) is 4.17. The van der Waals surface area contributed by atoms with Crippen molar-refractivity contribution in [2.75, 3.05) is 6.54 Å². The van der Waals surface area contributed by atoms with Gasteiger partial charge in [-0.1, -0.05) is 42.0 Å². The Hall–Kier alpha value is -2.01. The van der Waals surface area contributed by atoms with E-state index >= 15 is 0 Å². The largest absolute Gasteiger partial charge is 0.683 e. The van der Waals surface area contributed by atoms with Gasteiger partial charge in [-0.25, -0.2) is 4.52 Å². The number of rotatable bonds is 7. The molecule has 2 aromatic heterocycles. The number of fused-ring (bicyclic) bond motifs is 1. The molecule has 0 saturated heterocycles. The monoisotopic (exact) mass is 487 g/mol. The summed E-state index contributed by atoms with van der Waals surface area (Å²) in [6.45, 7) is 7.17. The third-order valence-corrected chi connectivity index (χ3v) is 3.48. The Bertz CT molecular complexity index is 799. The van der Waals surface area contributed by atoms with E-state index in [4.69, 9.17) is 4.74 Å². The van der Waals surface area contributed by atoms with E-state index in [1.165, 1.54) is 0 Å². The van der Waals surface area contributed by atoms with Crippen molar-refractivity contribution in [1.29, 1.82) is 0 Å². The maximum absolute atomic E-state index is 5.76. The van der Waals surface area contributed by atoms with Gasteiger partial charge in [0, 0.05) is 34.6 Å². The molecule has 0 unspecified atom stereocenters. The van der Waals surface area contributed by atoms with Gasteiger partial charge >= 0.3 is 0 Å². The fourth-order valence-electron chi connectivity index (χ4n) is 2.22. The van der Waals surface area contributed by atoms with Gasteiger partial charge in [-0.05, 0) is 25.0 Å². The average molecular weight is 487 g/mol. The first-order valence-electron chi connectivity index (χ1n) is 7.69. The molecule has 0 amide bonds. The molecule has 2 heterocycles. The van der Waals surface area contributed by atoms with Gasteiger partial charge in [0.05, 0.1) is 5.52 Å². The van der Waals surface area contributed by atoms with Crippen LogP contribution in [0.5, 0.6) is 5.88 Å². The predicted molar refractivity (Wildman–Crippen MR) is 93.3 cm³/mol. The molecule has 0 aliphatic heterocycles. The molecule has 0 spiro atoms. The standard InChI is InChI=1S/C19H20N3O.Ta/c1-15(2)10-11-20-17-8-9-18-12-19(21-22(18)13-17)23-14-16-6-4-3-5-7-16;/h3-9,12-13H,1,10-11,14H2,2H3;/q-1;. The molecule has 1 radical (unpaired) electrons. The smallest absolute Gasteiger partial charge is 0.234 e.